The lowest BCUT2D eigenvalue weighted by molar-refractivity contribution is -0.115. The van der Waals surface area contributed by atoms with Crippen LogP contribution in [0.3, 0.4) is 0 Å². The third-order valence-electron chi connectivity index (χ3n) is 3.14. The van der Waals surface area contributed by atoms with Crippen LogP contribution in [0.5, 0.6) is 0 Å². The Morgan fingerprint density at radius 2 is 2.05 bits per heavy atom. The molecule has 21 heavy (non-hydrogen) atoms. The largest absolute Gasteiger partial charge is 0.379 e. The Hall–Kier alpha value is -2.43. The van der Waals surface area contributed by atoms with Crippen LogP contribution < -0.4 is 10.6 Å². The van der Waals surface area contributed by atoms with Crippen LogP contribution in [0.15, 0.2) is 30.5 Å². The molecule has 110 valence electrons. The van der Waals surface area contributed by atoms with Gasteiger partial charge < -0.3 is 10.6 Å². The molecule has 0 spiro atoms. The Bertz CT molecular complexity index is 640. The number of amides is 1. The first kappa shape index (κ1) is 15.0. The van der Waals surface area contributed by atoms with Gasteiger partial charge in [0.15, 0.2) is 0 Å². The molecule has 0 atom stereocenters. The van der Waals surface area contributed by atoms with Crippen molar-refractivity contribution < 1.29 is 4.79 Å². The highest BCUT2D eigenvalue weighted by Gasteiger charge is 2.04. The Labute approximate surface area is 124 Å². The summed E-state index contributed by atoms with van der Waals surface area (Å²) in [5, 5.41) is 6.21. The van der Waals surface area contributed by atoms with Gasteiger partial charge >= 0.3 is 0 Å². The molecule has 1 aromatic carbocycles. The van der Waals surface area contributed by atoms with Gasteiger partial charge in [-0.2, -0.15) is 0 Å². The minimum absolute atomic E-state index is 0.0104. The van der Waals surface area contributed by atoms with Crippen molar-refractivity contribution in [1.29, 1.82) is 0 Å². The smallest absolute Gasteiger partial charge is 0.224 e. The summed E-state index contributed by atoms with van der Waals surface area (Å²) in [7, 11) is 0. The van der Waals surface area contributed by atoms with Crippen molar-refractivity contribution in [2.75, 3.05) is 10.6 Å². The second-order valence-corrected chi connectivity index (χ2v) is 4.88. The summed E-state index contributed by atoms with van der Waals surface area (Å²) in [6.07, 6.45) is 2.22. The minimum Gasteiger partial charge on any atom is -0.379 e. The maximum atomic E-state index is 11.4. The van der Waals surface area contributed by atoms with Crippen molar-refractivity contribution in [2.24, 2.45) is 0 Å². The standard InChI is InChI=1S/C16H20N4O/c1-4-16(21)20-13-6-5-11(2)15(9-13)18-10-14-7-8-17-12(3)19-14/h5-9,18H,4,10H2,1-3H3,(H,20,21). The van der Waals surface area contributed by atoms with Gasteiger partial charge in [-0.3, -0.25) is 4.79 Å². The number of hydrogen-bond donors (Lipinski definition) is 2. The second-order valence-electron chi connectivity index (χ2n) is 4.88. The molecule has 0 aliphatic heterocycles. The summed E-state index contributed by atoms with van der Waals surface area (Å²) in [6.45, 7) is 6.35. The van der Waals surface area contributed by atoms with Crippen molar-refractivity contribution in [1.82, 2.24) is 9.97 Å². The van der Waals surface area contributed by atoms with Gasteiger partial charge in [0.1, 0.15) is 5.82 Å². The Balaban J connectivity index is 2.08. The summed E-state index contributed by atoms with van der Waals surface area (Å²) in [6, 6.07) is 7.72. The van der Waals surface area contributed by atoms with Crippen LogP contribution in [0.2, 0.25) is 0 Å². The zero-order valence-electron chi connectivity index (χ0n) is 12.6. The molecule has 1 heterocycles. The van der Waals surface area contributed by atoms with E-state index in [2.05, 4.69) is 20.6 Å². The number of aryl methyl sites for hydroxylation is 2. The molecule has 0 saturated heterocycles. The highest BCUT2D eigenvalue weighted by Crippen LogP contribution is 2.21. The second kappa shape index (κ2) is 6.83. The predicted octanol–water partition coefficient (Wildman–Crippen LogP) is 3.05. The van der Waals surface area contributed by atoms with E-state index in [0.29, 0.717) is 13.0 Å². The molecule has 0 saturated carbocycles. The Morgan fingerprint density at radius 3 is 2.76 bits per heavy atom. The first-order valence-corrected chi connectivity index (χ1v) is 7.01. The molecule has 2 rings (SSSR count). The van der Waals surface area contributed by atoms with E-state index in [4.69, 9.17) is 0 Å². The molecular formula is C16H20N4O. The highest BCUT2D eigenvalue weighted by atomic mass is 16.1. The SMILES string of the molecule is CCC(=O)Nc1ccc(C)c(NCc2ccnc(C)n2)c1. The normalized spacial score (nSPS) is 10.2. The minimum atomic E-state index is 0.0104. The number of anilines is 2. The number of aromatic nitrogens is 2. The molecule has 0 aliphatic carbocycles. The molecule has 1 amide bonds. The number of hydrogen-bond acceptors (Lipinski definition) is 4. The fourth-order valence-corrected chi connectivity index (χ4v) is 1.93. The van der Waals surface area contributed by atoms with E-state index in [0.717, 1.165) is 28.5 Å². The average Bonchev–Trinajstić information content (AvgIpc) is 2.47. The molecule has 0 unspecified atom stereocenters. The molecule has 0 aliphatic rings. The lowest BCUT2D eigenvalue weighted by Crippen LogP contribution is -2.10. The van der Waals surface area contributed by atoms with Gasteiger partial charge in [0.25, 0.3) is 0 Å². The molecular weight excluding hydrogens is 264 g/mol. The third kappa shape index (κ3) is 4.27. The van der Waals surface area contributed by atoms with Crippen molar-refractivity contribution in [3.05, 3.63) is 47.5 Å². The van der Waals surface area contributed by atoms with Gasteiger partial charge in [-0.25, -0.2) is 9.97 Å². The lowest BCUT2D eigenvalue weighted by Gasteiger charge is -2.12. The number of nitrogens with one attached hydrogen (secondary N) is 2. The monoisotopic (exact) mass is 284 g/mol. The number of benzene rings is 1. The van der Waals surface area contributed by atoms with E-state index < -0.39 is 0 Å². The van der Waals surface area contributed by atoms with Gasteiger partial charge in [0.2, 0.25) is 5.91 Å². The summed E-state index contributed by atoms with van der Waals surface area (Å²) < 4.78 is 0. The van der Waals surface area contributed by atoms with Crippen molar-refractivity contribution in [3.63, 3.8) is 0 Å². The molecule has 0 radical (unpaired) electrons. The maximum Gasteiger partial charge on any atom is 0.224 e. The Kier molecular flexibility index (Phi) is 4.87. The van der Waals surface area contributed by atoms with Gasteiger partial charge in [-0.15, -0.1) is 0 Å². The van der Waals surface area contributed by atoms with Crippen molar-refractivity contribution >= 4 is 17.3 Å². The van der Waals surface area contributed by atoms with E-state index in [9.17, 15) is 4.79 Å². The van der Waals surface area contributed by atoms with Crippen LogP contribution in [0, 0.1) is 13.8 Å². The first-order valence-electron chi connectivity index (χ1n) is 7.01. The third-order valence-corrected chi connectivity index (χ3v) is 3.14. The van der Waals surface area contributed by atoms with Crippen molar-refractivity contribution in [2.45, 2.75) is 33.7 Å². The van der Waals surface area contributed by atoms with E-state index in [-0.39, 0.29) is 5.91 Å². The van der Waals surface area contributed by atoms with Crippen LogP contribution in [0.1, 0.15) is 30.4 Å². The quantitative estimate of drug-likeness (QED) is 0.885. The number of nitrogens with zero attached hydrogens (tertiary/aromatic N) is 2. The Morgan fingerprint density at radius 1 is 1.24 bits per heavy atom. The topological polar surface area (TPSA) is 66.9 Å². The molecule has 5 nitrogen and oxygen atoms in total. The number of carbonyl (C=O) groups is 1. The molecule has 1 aromatic heterocycles. The van der Waals surface area contributed by atoms with E-state index in [1.54, 1.807) is 6.20 Å². The summed E-state index contributed by atoms with van der Waals surface area (Å²) in [5.74, 6) is 0.770. The number of rotatable bonds is 5. The molecule has 2 N–H and O–H groups in total. The van der Waals surface area contributed by atoms with E-state index in [1.807, 2.05) is 45.0 Å². The van der Waals surface area contributed by atoms with Crippen LogP contribution in [-0.4, -0.2) is 15.9 Å². The fourth-order valence-electron chi connectivity index (χ4n) is 1.93. The zero-order chi connectivity index (χ0) is 15.2. The first-order chi connectivity index (χ1) is 10.1. The molecule has 0 fully saturated rings. The lowest BCUT2D eigenvalue weighted by atomic mass is 10.1. The summed E-state index contributed by atoms with van der Waals surface area (Å²) >= 11 is 0. The van der Waals surface area contributed by atoms with Gasteiger partial charge in [0.05, 0.1) is 12.2 Å². The van der Waals surface area contributed by atoms with Gasteiger partial charge in [-0.05, 0) is 37.6 Å². The molecule has 2 aromatic rings. The van der Waals surface area contributed by atoms with Crippen molar-refractivity contribution in [3.8, 4) is 0 Å². The van der Waals surface area contributed by atoms with E-state index in [1.165, 1.54) is 0 Å². The maximum absolute atomic E-state index is 11.4. The van der Waals surface area contributed by atoms with Gasteiger partial charge in [-0.1, -0.05) is 13.0 Å². The van der Waals surface area contributed by atoms with Crippen LogP contribution >= 0.6 is 0 Å². The molecule has 0 bridgehead atoms. The van der Waals surface area contributed by atoms with E-state index >= 15 is 0 Å². The average molecular weight is 284 g/mol. The van der Waals surface area contributed by atoms with Crippen LogP contribution in [0.4, 0.5) is 11.4 Å². The predicted molar refractivity (Wildman–Crippen MR) is 84.2 cm³/mol. The fraction of sp³-hybridized carbons (Fsp3) is 0.312. The number of carbonyl (C=O) groups excluding carboxylic acids is 1. The summed E-state index contributed by atoms with van der Waals surface area (Å²) in [5.41, 5.74) is 3.84. The van der Waals surface area contributed by atoms with Crippen LogP contribution in [-0.2, 0) is 11.3 Å². The highest BCUT2D eigenvalue weighted by molar-refractivity contribution is 5.91. The zero-order valence-corrected chi connectivity index (χ0v) is 12.6. The van der Waals surface area contributed by atoms with Crippen LogP contribution in [0.25, 0.3) is 0 Å². The summed E-state index contributed by atoms with van der Waals surface area (Å²) in [4.78, 5) is 19.9. The van der Waals surface area contributed by atoms with Gasteiger partial charge in [0, 0.05) is 24.0 Å². The molecule has 5 heteroatoms.